The molecule has 8 heteroatoms. The van der Waals surface area contributed by atoms with Gasteiger partial charge in [0.15, 0.2) is 5.69 Å². The van der Waals surface area contributed by atoms with Crippen molar-refractivity contribution in [2.24, 2.45) is 0 Å². The van der Waals surface area contributed by atoms with E-state index in [1.807, 2.05) is 6.07 Å². The lowest BCUT2D eigenvalue weighted by molar-refractivity contribution is 0.487. The standard InChI is InChI=1S/C87H91BN6O/c1-81(2,3)53-29-37-67-61(45-53)62-46-54(82(4,5)6)30-38-68(62)93(67)58-34-36-66-74(50-58)95-73-28-24-27-71-79(73)88(66)65-35-33-57(92-69-39-31-55(83(7,8)9)47-63(69)64-48-56(89-22)32-40-70(64)92)49-72(65)94(71)80-59(51-41-75(84(10,11)12)90-76(42-51)85(13,14)15)25-23-26-60(80)52-43-77(86(16,17)18)91-78(44-52)87(19,20)21/h23-50H,1-21H3. The van der Waals surface area contributed by atoms with Crippen molar-refractivity contribution in [1.29, 1.82) is 0 Å². The molecule has 12 aromatic rings. The van der Waals surface area contributed by atoms with Crippen LogP contribution in [0.5, 0.6) is 11.5 Å². The van der Waals surface area contributed by atoms with E-state index in [1.165, 1.54) is 44.0 Å². The van der Waals surface area contributed by atoms with Crippen molar-refractivity contribution in [3.05, 3.63) is 221 Å². The van der Waals surface area contributed by atoms with Crippen LogP contribution >= 0.6 is 0 Å². The molecule has 0 unspecified atom stereocenters. The molecule has 478 valence electrons. The number of fused-ring (bicyclic) bond motifs is 10. The van der Waals surface area contributed by atoms with Crippen molar-refractivity contribution in [2.75, 3.05) is 4.90 Å². The van der Waals surface area contributed by atoms with Crippen LogP contribution in [-0.4, -0.2) is 25.8 Å². The highest BCUT2D eigenvalue weighted by atomic mass is 16.5. The van der Waals surface area contributed by atoms with Crippen molar-refractivity contribution in [3.8, 4) is 45.1 Å². The predicted octanol–water partition coefficient (Wildman–Crippen LogP) is 22.0. The Hall–Kier alpha value is -9.19. The molecule has 2 aliphatic rings. The summed E-state index contributed by atoms with van der Waals surface area (Å²) in [6.07, 6.45) is 0. The van der Waals surface area contributed by atoms with Gasteiger partial charge in [-0.2, -0.15) is 0 Å². The zero-order chi connectivity index (χ0) is 67.8. The van der Waals surface area contributed by atoms with Gasteiger partial charge in [-0.15, -0.1) is 0 Å². The molecule has 0 amide bonds. The van der Waals surface area contributed by atoms with Crippen LogP contribution in [0.1, 0.15) is 185 Å². The Bertz CT molecular complexity index is 5000. The fourth-order valence-electron chi connectivity index (χ4n) is 14.4. The molecule has 0 aliphatic carbocycles. The van der Waals surface area contributed by atoms with E-state index in [9.17, 15) is 0 Å². The Kier molecular flexibility index (Phi) is 14.2. The summed E-state index contributed by atoms with van der Waals surface area (Å²) in [5.41, 5.74) is 25.0. The number of pyridine rings is 2. The van der Waals surface area contributed by atoms with E-state index in [2.05, 4.69) is 328 Å². The van der Waals surface area contributed by atoms with Crippen LogP contribution in [-0.2, 0) is 37.9 Å². The van der Waals surface area contributed by atoms with Crippen LogP contribution in [0.4, 0.5) is 22.7 Å². The lowest BCUT2D eigenvalue weighted by Gasteiger charge is -2.41. The van der Waals surface area contributed by atoms with E-state index in [0.717, 1.165) is 118 Å². The monoisotopic (exact) mass is 1250 g/mol. The van der Waals surface area contributed by atoms with Crippen molar-refractivity contribution < 1.29 is 4.74 Å². The van der Waals surface area contributed by atoms with Crippen LogP contribution in [0.2, 0.25) is 0 Å². The third kappa shape index (κ3) is 10.7. The molecule has 7 nitrogen and oxygen atoms in total. The van der Waals surface area contributed by atoms with Gasteiger partial charge in [0, 0.05) is 101 Å². The minimum atomic E-state index is -0.246. The topological polar surface area (TPSA) is 52.5 Å². The Balaban J connectivity index is 1.08. The van der Waals surface area contributed by atoms with E-state index < -0.39 is 0 Å². The van der Waals surface area contributed by atoms with Gasteiger partial charge in [0.05, 0.1) is 34.3 Å². The maximum absolute atomic E-state index is 8.20. The molecule has 95 heavy (non-hydrogen) atoms. The zero-order valence-corrected chi connectivity index (χ0v) is 59.8. The Labute approximate surface area is 564 Å². The average Bonchev–Trinajstić information content (AvgIpc) is 1.11. The fraction of sp³-hybridized carbons (Fsp3) is 0.322. The predicted molar refractivity (Wildman–Crippen MR) is 405 cm³/mol. The molecule has 0 bridgehead atoms. The van der Waals surface area contributed by atoms with Gasteiger partial charge in [-0.1, -0.05) is 206 Å². The van der Waals surface area contributed by atoms with Crippen molar-refractivity contribution in [2.45, 2.75) is 183 Å². The summed E-state index contributed by atoms with van der Waals surface area (Å²) in [6.45, 7) is 55.9. The summed E-state index contributed by atoms with van der Waals surface area (Å²) in [6, 6.07) is 64.4. The largest absolute Gasteiger partial charge is 0.458 e. The maximum atomic E-state index is 8.20. The molecule has 0 radical (unpaired) electrons. The number of ether oxygens (including phenoxy) is 1. The molecule has 0 fully saturated rings. The van der Waals surface area contributed by atoms with Gasteiger partial charge < -0.3 is 18.8 Å². The molecular weight excluding hydrogens is 1160 g/mol. The molecule has 0 N–H and O–H groups in total. The van der Waals surface area contributed by atoms with Crippen LogP contribution in [0.25, 0.3) is 82.1 Å². The lowest BCUT2D eigenvalue weighted by atomic mass is 9.34. The first kappa shape index (κ1) is 63.2. The highest BCUT2D eigenvalue weighted by molar-refractivity contribution is 6.99. The van der Waals surface area contributed by atoms with Crippen LogP contribution < -0.4 is 26.0 Å². The highest BCUT2D eigenvalue weighted by Crippen LogP contribution is 2.52. The Morgan fingerprint density at radius 2 is 0.768 bits per heavy atom. The van der Waals surface area contributed by atoms with Gasteiger partial charge in [0.2, 0.25) is 0 Å². The van der Waals surface area contributed by atoms with Gasteiger partial charge in [-0.25, -0.2) is 4.85 Å². The summed E-state index contributed by atoms with van der Waals surface area (Å²) < 4.78 is 12.4. The van der Waals surface area contributed by atoms with Crippen LogP contribution in [0.15, 0.2) is 170 Å². The first-order chi connectivity index (χ1) is 44.4. The van der Waals surface area contributed by atoms with Gasteiger partial charge in [-0.3, -0.25) is 9.97 Å². The smallest absolute Gasteiger partial charge is 0.256 e. The summed E-state index contributed by atoms with van der Waals surface area (Å²) in [5, 5.41) is 4.68. The Morgan fingerprint density at radius 3 is 1.19 bits per heavy atom. The number of hydrogen-bond donors (Lipinski definition) is 0. The highest BCUT2D eigenvalue weighted by Gasteiger charge is 2.44. The van der Waals surface area contributed by atoms with E-state index >= 15 is 0 Å². The molecule has 14 rings (SSSR count). The molecule has 0 saturated heterocycles. The second kappa shape index (κ2) is 21.4. The first-order valence-electron chi connectivity index (χ1n) is 34.1. The van der Waals surface area contributed by atoms with Crippen molar-refractivity contribution in [1.82, 2.24) is 19.1 Å². The fourth-order valence-corrected chi connectivity index (χ4v) is 14.4. The van der Waals surface area contributed by atoms with E-state index in [-0.39, 0.29) is 44.6 Å². The normalized spacial score (nSPS) is 13.8. The summed E-state index contributed by atoms with van der Waals surface area (Å²) in [4.78, 5) is 17.5. The van der Waals surface area contributed by atoms with E-state index in [1.54, 1.807) is 0 Å². The van der Waals surface area contributed by atoms with Crippen molar-refractivity contribution >= 4 is 89.5 Å². The second-order valence-corrected chi connectivity index (χ2v) is 34.4. The van der Waals surface area contributed by atoms with E-state index in [4.69, 9.17) is 21.3 Å². The number of para-hydroxylation sites is 1. The van der Waals surface area contributed by atoms with Crippen LogP contribution in [0, 0.1) is 6.57 Å². The van der Waals surface area contributed by atoms with Crippen LogP contribution in [0.3, 0.4) is 0 Å². The number of hydrogen-bond acceptors (Lipinski definition) is 4. The van der Waals surface area contributed by atoms with Gasteiger partial charge in [-0.05, 0) is 169 Å². The van der Waals surface area contributed by atoms with Gasteiger partial charge in [0.1, 0.15) is 11.5 Å². The number of aromatic nitrogens is 4. The third-order valence-electron chi connectivity index (χ3n) is 20.0. The van der Waals surface area contributed by atoms with Gasteiger partial charge in [0.25, 0.3) is 6.71 Å². The van der Waals surface area contributed by atoms with Crippen molar-refractivity contribution in [3.63, 3.8) is 0 Å². The summed E-state index contributed by atoms with van der Waals surface area (Å²) in [5.74, 6) is 1.67. The Morgan fingerprint density at radius 1 is 0.368 bits per heavy atom. The van der Waals surface area contributed by atoms with Gasteiger partial charge >= 0.3 is 0 Å². The molecular formula is C87H91BN6O. The molecule has 2 aliphatic heterocycles. The minimum Gasteiger partial charge on any atom is -0.458 e. The third-order valence-corrected chi connectivity index (χ3v) is 20.0. The number of rotatable bonds is 5. The number of nitrogens with zero attached hydrogens (tertiary/aromatic N) is 6. The zero-order valence-electron chi connectivity index (χ0n) is 59.8. The van der Waals surface area contributed by atoms with E-state index in [0.29, 0.717) is 5.69 Å². The molecule has 0 saturated carbocycles. The molecule has 0 spiro atoms. The lowest BCUT2D eigenvalue weighted by Crippen LogP contribution is -2.59. The average molecular weight is 1250 g/mol. The molecule has 0 atom stereocenters. The molecule has 6 heterocycles. The minimum absolute atomic E-state index is 0.0235. The maximum Gasteiger partial charge on any atom is 0.256 e. The summed E-state index contributed by atoms with van der Waals surface area (Å²) in [7, 11) is 0. The summed E-state index contributed by atoms with van der Waals surface area (Å²) >= 11 is 0. The molecule has 4 aromatic heterocycles. The molecule has 8 aromatic carbocycles. The first-order valence-corrected chi connectivity index (χ1v) is 34.1. The quantitative estimate of drug-likeness (QED) is 0.127. The number of anilines is 3. The SMILES string of the molecule is [C-]#[N+]c1ccc2c(c1)c1cc(C(C)(C)C)ccc1n2-c1ccc2c(c1)N(c1c(-c3cc(C(C)(C)C)nc(C(C)(C)C)c3)cccc1-c1cc(C(C)(C)C)nc(C(C)(C)C)c1)c1cccc3c1B2c1ccc(-n2c4ccc(C(C)(C)C)cc4c4cc(C(C)(C)C)ccc42)cc1O3. The number of benzene rings is 8. The second-order valence-electron chi connectivity index (χ2n) is 34.4.